The van der Waals surface area contributed by atoms with Gasteiger partial charge in [0.1, 0.15) is 22.4 Å². The molecule has 194 valence electrons. The topological polar surface area (TPSA) is 104 Å². The van der Waals surface area contributed by atoms with E-state index in [-0.39, 0.29) is 24.2 Å². The van der Waals surface area contributed by atoms with Crippen molar-refractivity contribution in [3.05, 3.63) is 51.9 Å². The predicted octanol–water partition coefficient (Wildman–Crippen LogP) is 4.96. The van der Waals surface area contributed by atoms with Crippen LogP contribution in [0.25, 0.3) is 0 Å². The Morgan fingerprint density at radius 1 is 1.17 bits per heavy atom. The van der Waals surface area contributed by atoms with Gasteiger partial charge in [0.05, 0.1) is 16.3 Å². The highest BCUT2D eigenvalue weighted by atomic mass is 32.2. The Kier molecular flexibility index (Phi) is 6.76. The van der Waals surface area contributed by atoms with E-state index in [1.54, 1.807) is 18.3 Å². The number of anilines is 1. The van der Waals surface area contributed by atoms with Crippen LogP contribution in [0.3, 0.4) is 0 Å². The number of alkyl halides is 2. The van der Waals surface area contributed by atoms with Gasteiger partial charge >= 0.3 is 0 Å². The standard InChI is InChI=1S/C26H33F2N5O2S/c1-25(10-12-26(27,28)13-11-25)33-16-17-15-19(7-8-21(17)36(33)35)32-23(29)22-20(9-14-30-24(22)34)31-18-5-3-2-4-6-18/h7-9,14-15,18H,2-6,10-13,16H2,1H3,(H2,29,32)(H2,30,31,34). The summed E-state index contributed by atoms with van der Waals surface area (Å²) in [4.78, 5) is 20.6. The third kappa shape index (κ3) is 4.98. The predicted molar refractivity (Wildman–Crippen MR) is 138 cm³/mol. The van der Waals surface area contributed by atoms with Gasteiger partial charge < -0.3 is 16.0 Å². The van der Waals surface area contributed by atoms with E-state index in [1.165, 1.54) is 6.42 Å². The number of amidine groups is 1. The van der Waals surface area contributed by atoms with Crippen molar-refractivity contribution in [3.63, 3.8) is 0 Å². The molecule has 36 heavy (non-hydrogen) atoms. The number of aromatic nitrogens is 1. The molecule has 1 aliphatic heterocycles. The third-order valence-corrected chi connectivity index (χ3v) is 9.58. The molecule has 2 aliphatic carbocycles. The maximum absolute atomic E-state index is 13.7. The number of nitrogens with two attached hydrogens (primary N) is 1. The number of hydrogen-bond acceptors (Lipinski definition) is 4. The molecule has 1 unspecified atom stereocenters. The lowest BCUT2D eigenvalue weighted by molar-refractivity contribution is -0.0643. The highest BCUT2D eigenvalue weighted by Crippen LogP contribution is 2.45. The molecule has 10 heteroatoms. The number of fused-ring (bicyclic) bond motifs is 1. The van der Waals surface area contributed by atoms with E-state index in [4.69, 9.17) is 5.73 Å². The van der Waals surface area contributed by atoms with Gasteiger partial charge in [-0.2, -0.15) is 0 Å². The van der Waals surface area contributed by atoms with E-state index in [2.05, 4.69) is 15.3 Å². The van der Waals surface area contributed by atoms with Gasteiger partial charge in [-0.05, 0) is 62.4 Å². The Hall–Kier alpha value is -2.59. The van der Waals surface area contributed by atoms with Crippen LogP contribution in [0.2, 0.25) is 0 Å². The van der Waals surface area contributed by atoms with Crippen LogP contribution in [0.1, 0.15) is 75.8 Å². The lowest BCUT2D eigenvalue weighted by atomic mass is 9.81. The minimum atomic E-state index is -2.65. The van der Waals surface area contributed by atoms with Gasteiger partial charge in [0.2, 0.25) is 5.92 Å². The molecule has 7 nitrogen and oxygen atoms in total. The van der Waals surface area contributed by atoms with Crippen molar-refractivity contribution in [1.82, 2.24) is 9.29 Å². The smallest absolute Gasteiger partial charge is 0.261 e. The average molecular weight is 518 g/mol. The summed E-state index contributed by atoms with van der Waals surface area (Å²) < 4.78 is 42.6. The molecular formula is C26H33F2N5O2S. The molecule has 0 spiro atoms. The minimum absolute atomic E-state index is 0.104. The second-order valence-electron chi connectivity index (χ2n) is 10.5. The largest absolute Gasteiger partial charge is 0.383 e. The molecule has 1 atom stereocenters. The molecule has 5 rings (SSSR count). The number of aliphatic imine (C=N–C) groups is 1. The van der Waals surface area contributed by atoms with Gasteiger partial charge in [-0.15, -0.1) is 0 Å². The van der Waals surface area contributed by atoms with Gasteiger partial charge in [0.15, 0.2) is 0 Å². The summed E-state index contributed by atoms with van der Waals surface area (Å²) in [5, 5.41) is 3.48. The van der Waals surface area contributed by atoms with E-state index in [0.717, 1.165) is 31.2 Å². The highest BCUT2D eigenvalue weighted by Gasteiger charge is 2.47. The first kappa shape index (κ1) is 25.1. The van der Waals surface area contributed by atoms with Crippen LogP contribution in [-0.4, -0.2) is 36.8 Å². The zero-order valence-corrected chi connectivity index (χ0v) is 21.3. The highest BCUT2D eigenvalue weighted by molar-refractivity contribution is 7.83. The number of halogens is 2. The molecule has 2 saturated carbocycles. The number of hydrogen-bond donors (Lipinski definition) is 3. The maximum Gasteiger partial charge on any atom is 0.261 e. The normalized spacial score (nSPS) is 24.4. The Balaban J connectivity index is 1.38. The van der Waals surface area contributed by atoms with E-state index in [1.807, 2.05) is 23.4 Å². The molecule has 0 amide bonds. The molecular weight excluding hydrogens is 484 g/mol. The summed E-state index contributed by atoms with van der Waals surface area (Å²) >= 11 is 0. The van der Waals surface area contributed by atoms with E-state index >= 15 is 0 Å². The Morgan fingerprint density at radius 3 is 2.61 bits per heavy atom. The van der Waals surface area contributed by atoms with Crippen LogP contribution >= 0.6 is 0 Å². The van der Waals surface area contributed by atoms with Crippen molar-refractivity contribution in [3.8, 4) is 0 Å². The van der Waals surface area contributed by atoms with E-state index < -0.39 is 22.4 Å². The monoisotopic (exact) mass is 517 g/mol. The van der Waals surface area contributed by atoms with Crippen LogP contribution in [0.4, 0.5) is 20.2 Å². The summed E-state index contributed by atoms with van der Waals surface area (Å²) in [7, 11) is -1.42. The number of aromatic amines is 1. The fourth-order valence-corrected chi connectivity index (χ4v) is 7.18. The van der Waals surface area contributed by atoms with Crippen LogP contribution in [0.5, 0.6) is 0 Å². The fraction of sp³-hybridized carbons (Fsp3) is 0.538. The molecule has 1 aromatic carbocycles. The van der Waals surface area contributed by atoms with Crippen molar-refractivity contribution in [2.75, 3.05) is 5.32 Å². The van der Waals surface area contributed by atoms with Crippen molar-refractivity contribution in [2.24, 2.45) is 10.7 Å². The molecule has 4 N–H and O–H groups in total. The third-order valence-electron chi connectivity index (χ3n) is 7.84. The second kappa shape index (κ2) is 9.70. The fourth-order valence-electron chi connectivity index (χ4n) is 5.57. The zero-order chi connectivity index (χ0) is 25.5. The average Bonchev–Trinajstić information content (AvgIpc) is 3.18. The summed E-state index contributed by atoms with van der Waals surface area (Å²) in [6.45, 7) is 2.32. The molecule has 2 aromatic rings. The van der Waals surface area contributed by atoms with Gasteiger partial charge in [0.25, 0.3) is 5.56 Å². The van der Waals surface area contributed by atoms with Crippen molar-refractivity contribution in [2.45, 2.75) is 93.7 Å². The summed E-state index contributed by atoms with van der Waals surface area (Å²) in [5.74, 6) is -2.54. The lowest BCUT2D eigenvalue weighted by Crippen LogP contribution is -2.48. The molecule has 1 aromatic heterocycles. The number of nitrogens with one attached hydrogen (secondary N) is 2. The number of nitrogens with zero attached hydrogens (tertiary/aromatic N) is 2. The number of benzene rings is 1. The molecule has 0 bridgehead atoms. The van der Waals surface area contributed by atoms with E-state index in [9.17, 15) is 17.8 Å². The Morgan fingerprint density at radius 2 is 1.89 bits per heavy atom. The van der Waals surface area contributed by atoms with Crippen molar-refractivity contribution < 1.29 is 13.0 Å². The summed E-state index contributed by atoms with van der Waals surface area (Å²) in [5.41, 5.74) is 7.85. The Bertz CT molecular complexity index is 1250. The van der Waals surface area contributed by atoms with Gasteiger partial charge in [-0.25, -0.2) is 22.3 Å². The number of H-pyrrole nitrogens is 1. The first-order valence-electron chi connectivity index (χ1n) is 12.7. The van der Waals surface area contributed by atoms with Crippen molar-refractivity contribution >= 4 is 28.2 Å². The SMILES string of the molecule is CC1(N2Cc3cc(N=C(N)c4c(NC5CCCCC5)cc[nH]c4=O)ccc3S2=O)CCC(F)(F)CC1. The molecule has 2 heterocycles. The first-order chi connectivity index (χ1) is 17.2. The minimum Gasteiger partial charge on any atom is -0.383 e. The zero-order valence-electron chi connectivity index (χ0n) is 20.5. The summed E-state index contributed by atoms with van der Waals surface area (Å²) in [6, 6.07) is 7.43. The molecule has 3 aliphatic rings. The van der Waals surface area contributed by atoms with Gasteiger partial charge in [-0.3, -0.25) is 4.79 Å². The van der Waals surface area contributed by atoms with E-state index in [0.29, 0.717) is 47.3 Å². The van der Waals surface area contributed by atoms with Crippen LogP contribution in [-0.2, 0) is 17.5 Å². The number of pyridine rings is 1. The Labute approximate surface area is 212 Å². The molecule has 0 radical (unpaired) electrons. The molecule has 0 saturated heterocycles. The first-order valence-corrected chi connectivity index (χ1v) is 13.8. The van der Waals surface area contributed by atoms with Crippen molar-refractivity contribution in [1.29, 1.82) is 0 Å². The van der Waals surface area contributed by atoms with Gasteiger partial charge in [0, 0.05) is 37.2 Å². The van der Waals surface area contributed by atoms with Crippen LogP contribution in [0.15, 0.2) is 45.1 Å². The quantitative estimate of drug-likeness (QED) is 0.385. The lowest BCUT2D eigenvalue weighted by Gasteiger charge is -2.42. The maximum atomic E-state index is 13.7. The summed E-state index contributed by atoms with van der Waals surface area (Å²) in [6.07, 6.45) is 7.48. The number of rotatable bonds is 5. The van der Waals surface area contributed by atoms with Crippen LogP contribution in [0, 0.1) is 0 Å². The van der Waals surface area contributed by atoms with Crippen LogP contribution < -0.4 is 16.6 Å². The second-order valence-corrected chi connectivity index (χ2v) is 11.9. The van der Waals surface area contributed by atoms with Gasteiger partial charge in [-0.1, -0.05) is 19.3 Å². The molecule has 2 fully saturated rings.